The van der Waals surface area contributed by atoms with Crippen molar-refractivity contribution in [3.05, 3.63) is 96.8 Å². The third kappa shape index (κ3) is 4.62. The summed E-state index contributed by atoms with van der Waals surface area (Å²) in [5.41, 5.74) is 4.75. The second kappa shape index (κ2) is 8.87. The third-order valence-corrected chi connectivity index (χ3v) is 5.51. The summed E-state index contributed by atoms with van der Waals surface area (Å²) < 4.78 is 6.09. The van der Waals surface area contributed by atoms with Gasteiger partial charge >= 0.3 is 0 Å². The molecule has 1 fully saturated rings. The van der Waals surface area contributed by atoms with E-state index in [2.05, 4.69) is 72.1 Å². The van der Waals surface area contributed by atoms with Gasteiger partial charge in [-0.1, -0.05) is 61.2 Å². The van der Waals surface area contributed by atoms with Crippen molar-refractivity contribution >= 4 is 5.69 Å². The monoisotopic (exact) mass is 385 g/mol. The molecule has 0 radical (unpaired) electrons. The predicted molar refractivity (Wildman–Crippen MR) is 119 cm³/mol. The molecule has 3 aromatic carbocycles. The van der Waals surface area contributed by atoms with Crippen molar-refractivity contribution in [2.24, 2.45) is 0 Å². The lowest BCUT2D eigenvalue weighted by Crippen LogP contribution is -2.29. The van der Waals surface area contributed by atoms with Crippen LogP contribution in [0, 0.1) is 0 Å². The molecule has 148 valence electrons. The van der Waals surface area contributed by atoms with Crippen molar-refractivity contribution in [3.8, 4) is 16.9 Å². The molecule has 3 aromatic rings. The highest BCUT2D eigenvalue weighted by molar-refractivity contribution is 5.67. The molecular formula is C26H27NO2. The van der Waals surface area contributed by atoms with Crippen LogP contribution in [0.15, 0.2) is 91.2 Å². The van der Waals surface area contributed by atoms with E-state index in [4.69, 9.17) is 4.74 Å². The first kappa shape index (κ1) is 19.1. The zero-order valence-electron chi connectivity index (χ0n) is 16.6. The fourth-order valence-corrected chi connectivity index (χ4v) is 4.10. The lowest BCUT2D eigenvalue weighted by Gasteiger charge is -2.26. The summed E-state index contributed by atoms with van der Waals surface area (Å²) >= 11 is 0. The minimum atomic E-state index is 0.263. The molecule has 0 amide bonds. The van der Waals surface area contributed by atoms with Gasteiger partial charge in [-0.3, -0.25) is 0 Å². The van der Waals surface area contributed by atoms with Crippen molar-refractivity contribution in [2.75, 3.05) is 11.4 Å². The largest absolute Gasteiger partial charge is 0.513 e. The molecule has 0 bridgehead atoms. The first-order chi connectivity index (χ1) is 14.2. The minimum Gasteiger partial charge on any atom is -0.513 e. The van der Waals surface area contributed by atoms with Gasteiger partial charge < -0.3 is 14.7 Å². The Balaban J connectivity index is 1.44. The average Bonchev–Trinajstić information content (AvgIpc) is 3.21. The Morgan fingerprint density at radius 1 is 0.966 bits per heavy atom. The number of anilines is 1. The highest BCUT2D eigenvalue weighted by Gasteiger charge is 2.25. The Hall–Kier alpha value is -3.20. The van der Waals surface area contributed by atoms with Crippen LogP contribution in [0.2, 0.25) is 0 Å². The van der Waals surface area contributed by atoms with Crippen molar-refractivity contribution in [1.82, 2.24) is 0 Å². The number of aliphatic hydroxyl groups is 1. The van der Waals surface area contributed by atoms with E-state index >= 15 is 0 Å². The van der Waals surface area contributed by atoms with E-state index < -0.39 is 0 Å². The molecule has 29 heavy (non-hydrogen) atoms. The molecule has 1 aliphatic rings. The summed E-state index contributed by atoms with van der Waals surface area (Å²) in [5.74, 6) is 1.12. The van der Waals surface area contributed by atoms with Crippen LogP contribution < -0.4 is 9.64 Å². The summed E-state index contributed by atoms with van der Waals surface area (Å²) in [6.07, 6.45) is 2.87. The Morgan fingerprint density at radius 3 is 2.45 bits per heavy atom. The van der Waals surface area contributed by atoms with Gasteiger partial charge in [0.05, 0.1) is 5.76 Å². The van der Waals surface area contributed by atoms with Crippen LogP contribution in [0.4, 0.5) is 5.69 Å². The van der Waals surface area contributed by atoms with E-state index in [0.29, 0.717) is 19.1 Å². The van der Waals surface area contributed by atoms with E-state index in [1.54, 1.807) is 0 Å². The highest BCUT2D eigenvalue weighted by Crippen LogP contribution is 2.30. The quantitative estimate of drug-likeness (QED) is 0.480. The molecular weight excluding hydrogens is 358 g/mol. The zero-order valence-corrected chi connectivity index (χ0v) is 16.6. The Labute approximate surface area is 172 Å². The zero-order chi connectivity index (χ0) is 20.1. The molecule has 0 aromatic heterocycles. The van der Waals surface area contributed by atoms with Crippen molar-refractivity contribution in [1.29, 1.82) is 0 Å². The molecule has 1 atom stereocenters. The van der Waals surface area contributed by atoms with E-state index in [1.165, 1.54) is 22.4 Å². The molecule has 3 nitrogen and oxygen atoms in total. The smallest absolute Gasteiger partial charge is 0.119 e. The number of ether oxygens (including phenoxy) is 1. The number of nitrogens with zero attached hydrogens (tertiary/aromatic N) is 1. The van der Waals surface area contributed by atoms with Gasteiger partial charge in [-0.05, 0) is 53.8 Å². The topological polar surface area (TPSA) is 32.7 Å². The standard InChI is InChI=1S/C26H27NO2/c1-20(28)18-24-11-7-17-27(24)23-13-15-25(16-14-23)29-19-22-10-5-6-12-26(22)21-8-3-2-4-9-21/h2-6,8-10,12-16,24,28H,1,7,11,17-19H2. The van der Waals surface area contributed by atoms with Gasteiger partial charge in [0.15, 0.2) is 0 Å². The highest BCUT2D eigenvalue weighted by atomic mass is 16.5. The van der Waals surface area contributed by atoms with E-state index in [1.807, 2.05) is 18.2 Å². The van der Waals surface area contributed by atoms with Crippen LogP contribution in [0.1, 0.15) is 24.8 Å². The number of benzene rings is 3. The van der Waals surface area contributed by atoms with Crippen LogP contribution >= 0.6 is 0 Å². The van der Waals surface area contributed by atoms with Gasteiger partial charge in [0.1, 0.15) is 12.4 Å². The lowest BCUT2D eigenvalue weighted by atomic mass is 10.0. The normalized spacial score (nSPS) is 16.0. The van der Waals surface area contributed by atoms with Gasteiger partial charge in [-0.15, -0.1) is 0 Å². The SMILES string of the molecule is C=C(O)CC1CCCN1c1ccc(OCc2ccccc2-c2ccccc2)cc1. The molecule has 1 saturated heterocycles. The predicted octanol–water partition coefficient (Wildman–Crippen LogP) is 6.36. The van der Waals surface area contributed by atoms with Crippen LogP contribution in [0.3, 0.4) is 0 Å². The molecule has 4 rings (SSSR count). The molecule has 3 heteroatoms. The number of rotatable bonds is 7. The van der Waals surface area contributed by atoms with Crippen molar-refractivity contribution < 1.29 is 9.84 Å². The van der Waals surface area contributed by atoms with Gasteiger partial charge in [0.25, 0.3) is 0 Å². The first-order valence-electron chi connectivity index (χ1n) is 10.2. The Morgan fingerprint density at radius 2 is 1.69 bits per heavy atom. The third-order valence-electron chi connectivity index (χ3n) is 5.51. The molecule has 1 aliphatic heterocycles. The van der Waals surface area contributed by atoms with Crippen LogP contribution in [-0.2, 0) is 6.61 Å². The number of hydrogen-bond acceptors (Lipinski definition) is 3. The maximum absolute atomic E-state index is 9.56. The van der Waals surface area contributed by atoms with Gasteiger partial charge in [-0.2, -0.15) is 0 Å². The molecule has 0 aliphatic carbocycles. The Kier molecular flexibility index (Phi) is 5.85. The van der Waals surface area contributed by atoms with Crippen LogP contribution in [0.5, 0.6) is 5.75 Å². The van der Waals surface area contributed by atoms with Gasteiger partial charge in [-0.25, -0.2) is 0 Å². The summed E-state index contributed by atoms with van der Waals surface area (Å²) in [7, 11) is 0. The molecule has 0 saturated carbocycles. The molecule has 1 unspecified atom stereocenters. The van der Waals surface area contributed by atoms with Gasteiger partial charge in [0.2, 0.25) is 0 Å². The van der Waals surface area contributed by atoms with E-state index in [0.717, 1.165) is 25.1 Å². The van der Waals surface area contributed by atoms with Crippen LogP contribution in [0.25, 0.3) is 11.1 Å². The number of hydrogen-bond donors (Lipinski definition) is 1. The number of aliphatic hydroxyl groups excluding tert-OH is 1. The van der Waals surface area contributed by atoms with Gasteiger partial charge in [0, 0.05) is 24.7 Å². The van der Waals surface area contributed by atoms with Crippen LogP contribution in [-0.4, -0.2) is 17.7 Å². The fourth-order valence-electron chi connectivity index (χ4n) is 4.10. The maximum atomic E-state index is 9.56. The summed E-state index contributed by atoms with van der Waals surface area (Å²) in [4.78, 5) is 2.36. The summed E-state index contributed by atoms with van der Waals surface area (Å²) in [6.45, 7) is 5.20. The fraction of sp³-hybridized carbons (Fsp3) is 0.231. The minimum absolute atomic E-state index is 0.263. The van der Waals surface area contributed by atoms with E-state index in [9.17, 15) is 5.11 Å². The Bertz CT molecular complexity index is 950. The summed E-state index contributed by atoms with van der Waals surface area (Å²) in [5, 5.41) is 9.56. The van der Waals surface area contributed by atoms with E-state index in [-0.39, 0.29) is 5.76 Å². The molecule has 1 heterocycles. The molecule has 0 spiro atoms. The lowest BCUT2D eigenvalue weighted by molar-refractivity contribution is 0.306. The average molecular weight is 386 g/mol. The second-order valence-corrected chi connectivity index (χ2v) is 7.57. The molecule has 1 N–H and O–H groups in total. The van der Waals surface area contributed by atoms with Crippen molar-refractivity contribution in [2.45, 2.75) is 31.9 Å². The van der Waals surface area contributed by atoms with Crippen molar-refractivity contribution in [3.63, 3.8) is 0 Å². The summed E-state index contributed by atoms with van der Waals surface area (Å²) in [6, 6.07) is 27.4. The second-order valence-electron chi connectivity index (χ2n) is 7.57. The first-order valence-corrected chi connectivity index (χ1v) is 10.2. The maximum Gasteiger partial charge on any atom is 0.119 e.